The number of hydrogen-bond acceptors (Lipinski definition) is 4. The molecule has 0 aliphatic heterocycles. The highest BCUT2D eigenvalue weighted by Crippen LogP contribution is 2.31. The monoisotopic (exact) mass is 348 g/mol. The number of halogens is 4. The zero-order valence-corrected chi connectivity index (χ0v) is 9.87. The van der Waals surface area contributed by atoms with Crippen molar-refractivity contribution in [2.45, 2.75) is 13.3 Å². The molecule has 1 heterocycles. The Kier molecular flexibility index (Phi) is 3.55. The van der Waals surface area contributed by atoms with Gasteiger partial charge < -0.3 is 4.74 Å². The van der Waals surface area contributed by atoms with E-state index in [9.17, 15) is 23.3 Å². The van der Waals surface area contributed by atoms with Gasteiger partial charge in [0.2, 0.25) is 0 Å². The van der Waals surface area contributed by atoms with Crippen LogP contribution in [0.2, 0.25) is 0 Å². The van der Waals surface area contributed by atoms with Gasteiger partial charge >= 0.3 is 17.9 Å². The number of ether oxygens (including phenoxy) is 1. The van der Waals surface area contributed by atoms with Gasteiger partial charge in [-0.15, -0.1) is 13.2 Å². The molecule has 0 atom stereocenters. The fourth-order valence-corrected chi connectivity index (χ4v) is 1.28. The van der Waals surface area contributed by atoms with Crippen molar-refractivity contribution in [1.29, 1.82) is 0 Å². The van der Waals surface area contributed by atoms with Gasteiger partial charge in [0.25, 0.3) is 0 Å². The summed E-state index contributed by atoms with van der Waals surface area (Å²) in [5.41, 5.74) is -0.585. The van der Waals surface area contributed by atoms with Crippen molar-refractivity contribution in [3.05, 3.63) is 25.4 Å². The highest BCUT2D eigenvalue weighted by molar-refractivity contribution is 14.1. The average molecular weight is 348 g/mol. The molecule has 0 unspecified atom stereocenters. The Morgan fingerprint density at radius 1 is 1.56 bits per heavy atom. The van der Waals surface area contributed by atoms with E-state index in [1.807, 2.05) is 0 Å². The Hall–Kier alpha value is -1.13. The molecule has 9 heteroatoms. The normalized spacial score (nSPS) is 11.3. The molecule has 0 radical (unpaired) electrons. The molecule has 1 aromatic heterocycles. The number of nitro groups is 1. The van der Waals surface area contributed by atoms with Crippen LogP contribution in [0.1, 0.15) is 5.69 Å². The lowest BCUT2D eigenvalue weighted by molar-refractivity contribution is -0.389. The highest BCUT2D eigenvalue weighted by Gasteiger charge is 2.35. The van der Waals surface area contributed by atoms with Crippen LogP contribution in [-0.2, 0) is 0 Å². The van der Waals surface area contributed by atoms with Gasteiger partial charge in [-0.1, -0.05) is 0 Å². The maximum Gasteiger partial charge on any atom is 0.574 e. The van der Waals surface area contributed by atoms with Crippen molar-refractivity contribution >= 4 is 28.3 Å². The summed E-state index contributed by atoms with van der Waals surface area (Å²) < 4.78 is 39.7. The van der Waals surface area contributed by atoms with Crippen molar-refractivity contribution in [3.8, 4) is 5.88 Å². The number of pyridine rings is 1. The highest BCUT2D eigenvalue weighted by atomic mass is 127. The zero-order valence-electron chi connectivity index (χ0n) is 7.71. The molecule has 0 amide bonds. The smallest absolute Gasteiger partial charge is 0.381 e. The van der Waals surface area contributed by atoms with E-state index in [1.165, 1.54) is 6.92 Å². The quantitative estimate of drug-likeness (QED) is 0.468. The van der Waals surface area contributed by atoms with Gasteiger partial charge in [-0.3, -0.25) is 10.1 Å². The molecule has 0 saturated heterocycles. The van der Waals surface area contributed by atoms with Crippen LogP contribution in [0.15, 0.2) is 6.07 Å². The number of hydrogen-bond donors (Lipinski definition) is 0. The van der Waals surface area contributed by atoms with Gasteiger partial charge in [0.15, 0.2) is 0 Å². The molecule has 0 aromatic carbocycles. The number of aryl methyl sites for hydroxylation is 1. The first-order valence-corrected chi connectivity index (χ1v) is 4.86. The van der Waals surface area contributed by atoms with Crippen molar-refractivity contribution in [2.24, 2.45) is 0 Å². The van der Waals surface area contributed by atoms with Crippen LogP contribution in [0, 0.1) is 20.6 Å². The number of aromatic nitrogens is 1. The minimum absolute atomic E-state index is 0.227. The Morgan fingerprint density at radius 3 is 2.56 bits per heavy atom. The van der Waals surface area contributed by atoms with Crippen molar-refractivity contribution < 1.29 is 22.8 Å². The lowest BCUT2D eigenvalue weighted by atomic mass is 10.3. The topological polar surface area (TPSA) is 65.3 Å². The summed E-state index contributed by atoms with van der Waals surface area (Å²) in [6, 6.07) is 0.976. The molecule has 1 aromatic rings. The molecule has 1 rings (SSSR count). The lowest BCUT2D eigenvalue weighted by Crippen LogP contribution is -2.19. The number of alkyl halides is 3. The molecule has 0 aliphatic rings. The summed E-state index contributed by atoms with van der Waals surface area (Å²) in [6.45, 7) is 1.43. The fraction of sp³-hybridized carbons (Fsp3) is 0.286. The van der Waals surface area contributed by atoms with Gasteiger partial charge in [0.1, 0.15) is 0 Å². The first kappa shape index (κ1) is 12.9. The fourth-order valence-electron chi connectivity index (χ4n) is 0.865. The van der Waals surface area contributed by atoms with Gasteiger partial charge in [0, 0.05) is 9.64 Å². The third-order valence-electron chi connectivity index (χ3n) is 1.51. The summed E-state index contributed by atoms with van der Waals surface area (Å²) >= 11 is 1.73. The third-order valence-corrected chi connectivity index (χ3v) is 2.60. The van der Waals surface area contributed by atoms with Crippen molar-refractivity contribution in [1.82, 2.24) is 4.98 Å². The SMILES string of the molecule is Cc1nc(OC(F)(F)F)c([N+](=O)[O-])cc1I. The molecule has 0 saturated carbocycles. The second-order valence-electron chi connectivity index (χ2n) is 2.68. The van der Waals surface area contributed by atoms with Gasteiger partial charge in [-0.05, 0) is 29.5 Å². The van der Waals surface area contributed by atoms with Crippen LogP contribution in [0.5, 0.6) is 5.88 Å². The largest absolute Gasteiger partial charge is 0.574 e. The van der Waals surface area contributed by atoms with Gasteiger partial charge in [0.05, 0.1) is 10.6 Å². The van der Waals surface area contributed by atoms with E-state index in [2.05, 4.69) is 9.72 Å². The Morgan fingerprint density at radius 2 is 2.12 bits per heavy atom. The number of nitrogens with zero attached hydrogens (tertiary/aromatic N) is 2. The van der Waals surface area contributed by atoms with Crippen LogP contribution < -0.4 is 4.74 Å². The Balaban J connectivity index is 3.25. The van der Waals surface area contributed by atoms with Crippen LogP contribution in [0.4, 0.5) is 18.9 Å². The number of rotatable bonds is 2. The molecule has 5 nitrogen and oxygen atoms in total. The first-order valence-electron chi connectivity index (χ1n) is 3.78. The molecule has 0 fully saturated rings. The van der Waals surface area contributed by atoms with Gasteiger partial charge in [-0.25, -0.2) is 4.98 Å². The molecule has 16 heavy (non-hydrogen) atoms. The van der Waals surface area contributed by atoms with E-state index >= 15 is 0 Å². The minimum Gasteiger partial charge on any atom is -0.381 e. The Bertz CT molecular complexity index is 436. The molecule has 0 spiro atoms. The van der Waals surface area contributed by atoms with Gasteiger partial charge in [-0.2, -0.15) is 0 Å². The molecule has 88 valence electrons. The maximum absolute atomic E-state index is 11.9. The molecular weight excluding hydrogens is 344 g/mol. The van der Waals surface area contributed by atoms with Crippen LogP contribution in [0.25, 0.3) is 0 Å². The second-order valence-corrected chi connectivity index (χ2v) is 3.85. The molecule has 0 aliphatic carbocycles. The zero-order chi connectivity index (χ0) is 12.5. The predicted octanol–water partition coefficient (Wildman–Crippen LogP) is 2.80. The molecule has 0 N–H and O–H groups in total. The minimum atomic E-state index is -5.00. The molecular formula is C7H4F3IN2O3. The van der Waals surface area contributed by atoms with E-state index in [0.717, 1.165) is 6.07 Å². The first-order chi connectivity index (χ1) is 7.20. The van der Waals surface area contributed by atoms with Crippen molar-refractivity contribution in [3.63, 3.8) is 0 Å². The third kappa shape index (κ3) is 3.18. The van der Waals surface area contributed by atoms with Crippen molar-refractivity contribution in [2.75, 3.05) is 0 Å². The van der Waals surface area contributed by atoms with E-state index in [4.69, 9.17) is 0 Å². The van der Waals surface area contributed by atoms with Crippen LogP contribution in [-0.4, -0.2) is 16.3 Å². The maximum atomic E-state index is 11.9. The van der Waals surface area contributed by atoms with E-state index in [-0.39, 0.29) is 5.69 Å². The van der Waals surface area contributed by atoms with E-state index in [0.29, 0.717) is 3.57 Å². The van der Waals surface area contributed by atoms with E-state index in [1.54, 1.807) is 22.6 Å². The summed E-state index contributed by atoms with van der Waals surface area (Å²) in [7, 11) is 0. The van der Waals surface area contributed by atoms with Crippen LogP contribution >= 0.6 is 22.6 Å². The summed E-state index contributed by atoms with van der Waals surface area (Å²) in [5, 5.41) is 10.5. The second kappa shape index (κ2) is 4.39. The predicted molar refractivity (Wildman–Crippen MR) is 55.0 cm³/mol. The summed E-state index contributed by atoms with van der Waals surface area (Å²) in [6.07, 6.45) is -5.00. The summed E-state index contributed by atoms with van der Waals surface area (Å²) in [5.74, 6) is -1.05. The standard InChI is InChI=1S/C7H4F3IN2O3/c1-3-4(11)2-5(13(14)15)6(12-3)16-7(8,9)10/h2H,1H3. The average Bonchev–Trinajstić information content (AvgIpc) is 2.07. The van der Waals surface area contributed by atoms with Crippen LogP contribution in [0.3, 0.4) is 0 Å². The van der Waals surface area contributed by atoms with E-state index < -0.39 is 22.9 Å². The lowest BCUT2D eigenvalue weighted by Gasteiger charge is -2.09. The molecule has 0 bridgehead atoms. The Labute approximate surface area is 101 Å². The summed E-state index contributed by atoms with van der Waals surface area (Å²) in [4.78, 5) is 12.9.